The van der Waals surface area contributed by atoms with Crippen molar-refractivity contribution in [2.24, 2.45) is 0 Å². The number of nitrogens with two attached hydrogens (primary N) is 1. The van der Waals surface area contributed by atoms with Gasteiger partial charge < -0.3 is 20.9 Å². The average molecular weight is 192 g/mol. The van der Waals surface area contributed by atoms with Crippen molar-refractivity contribution >= 4 is 16.6 Å². The summed E-state index contributed by atoms with van der Waals surface area (Å²) in [6.45, 7) is 0. The lowest BCUT2D eigenvalue weighted by atomic mass is 10.1. The van der Waals surface area contributed by atoms with E-state index in [0.29, 0.717) is 5.52 Å². The first kappa shape index (κ1) is 8.43. The number of aromatic nitrogens is 1. The highest BCUT2D eigenvalue weighted by Crippen LogP contribution is 2.35. The van der Waals surface area contributed by atoms with Crippen LogP contribution in [0.3, 0.4) is 0 Å². The maximum atomic E-state index is 11.3. The minimum Gasteiger partial charge on any atom is -0.504 e. The molecule has 14 heavy (non-hydrogen) atoms. The second kappa shape index (κ2) is 2.66. The Morgan fingerprint density at radius 3 is 2.79 bits per heavy atom. The van der Waals surface area contributed by atoms with Gasteiger partial charge >= 0.3 is 0 Å². The maximum Gasteiger partial charge on any atom is 0.189 e. The van der Waals surface area contributed by atoms with Crippen molar-refractivity contribution in [2.45, 2.75) is 0 Å². The Hall–Kier alpha value is -2.17. The van der Waals surface area contributed by atoms with E-state index in [2.05, 4.69) is 4.98 Å². The molecular formula is C9H8N2O3. The van der Waals surface area contributed by atoms with Crippen molar-refractivity contribution in [3.05, 3.63) is 28.6 Å². The molecular weight excluding hydrogens is 184 g/mol. The summed E-state index contributed by atoms with van der Waals surface area (Å²) >= 11 is 0. The van der Waals surface area contributed by atoms with Gasteiger partial charge in [0.1, 0.15) is 5.69 Å². The van der Waals surface area contributed by atoms with Gasteiger partial charge in [0.25, 0.3) is 0 Å². The van der Waals surface area contributed by atoms with E-state index in [1.807, 2.05) is 0 Å². The maximum absolute atomic E-state index is 11.3. The number of nitrogens with one attached hydrogen (secondary N) is 1. The smallest absolute Gasteiger partial charge is 0.189 e. The van der Waals surface area contributed by atoms with E-state index < -0.39 is 11.5 Å². The van der Waals surface area contributed by atoms with Gasteiger partial charge in [0.05, 0.1) is 10.9 Å². The standard InChI is InChI=1S/C9H8N2O3/c10-7-8-4(3-6(13)9(7)14)5(12)1-2-11-8/h1-3,13-14H,10H2,(H,11,12). The van der Waals surface area contributed by atoms with Crippen molar-refractivity contribution in [2.75, 3.05) is 5.73 Å². The molecule has 0 fully saturated rings. The zero-order chi connectivity index (χ0) is 10.3. The number of benzene rings is 1. The van der Waals surface area contributed by atoms with E-state index in [9.17, 15) is 15.0 Å². The van der Waals surface area contributed by atoms with Crippen LogP contribution in [0.2, 0.25) is 0 Å². The van der Waals surface area contributed by atoms with Gasteiger partial charge in [0, 0.05) is 12.3 Å². The number of aromatic hydroxyl groups is 2. The highest BCUT2D eigenvalue weighted by Gasteiger charge is 2.10. The molecule has 0 aliphatic heterocycles. The lowest BCUT2D eigenvalue weighted by molar-refractivity contribution is 0.406. The van der Waals surface area contributed by atoms with Crippen molar-refractivity contribution in [3.63, 3.8) is 0 Å². The molecule has 5 N–H and O–H groups in total. The number of phenolic OH excluding ortho intramolecular Hbond substituents is 2. The Morgan fingerprint density at radius 2 is 2.07 bits per heavy atom. The third-order valence-electron chi connectivity index (χ3n) is 2.05. The predicted octanol–water partition coefficient (Wildman–Crippen LogP) is 0.521. The van der Waals surface area contributed by atoms with E-state index in [4.69, 9.17) is 5.73 Å². The molecule has 0 saturated heterocycles. The summed E-state index contributed by atoms with van der Waals surface area (Å²) in [4.78, 5) is 14.1. The van der Waals surface area contributed by atoms with Gasteiger partial charge in [-0.2, -0.15) is 0 Å². The largest absolute Gasteiger partial charge is 0.504 e. The van der Waals surface area contributed by atoms with E-state index >= 15 is 0 Å². The summed E-state index contributed by atoms with van der Waals surface area (Å²) in [5.41, 5.74) is 5.54. The molecule has 72 valence electrons. The van der Waals surface area contributed by atoms with Gasteiger partial charge in [0.2, 0.25) is 0 Å². The van der Waals surface area contributed by atoms with Crippen LogP contribution in [0.15, 0.2) is 23.1 Å². The van der Waals surface area contributed by atoms with Crippen molar-refractivity contribution in [1.29, 1.82) is 0 Å². The third-order valence-corrected chi connectivity index (χ3v) is 2.05. The fraction of sp³-hybridized carbons (Fsp3) is 0. The van der Waals surface area contributed by atoms with Crippen molar-refractivity contribution in [1.82, 2.24) is 4.98 Å². The molecule has 2 rings (SSSR count). The van der Waals surface area contributed by atoms with Crippen LogP contribution in [0.25, 0.3) is 10.9 Å². The summed E-state index contributed by atoms with van der Waals surface area (Å²) in [6.07, 6.45) is 1.43. The first-order valence-electron chi connectivity index (χ1n) is 3.93. The highest BCUT2D eigenvalue weighted by atomic mass is 16.3. The normalized spacial score (nSPS) is 10.6. The Balaban J connectivity index is 3.06. The van der Waals surface area contributed by atoms with Gasteiger partial charge in [-0.25, -0.2) is 0 Å². The second-order valence-electron chi connectivity index (χ2n) is 2.92. The zero-order valence-corrected chi connectivity index (χ0v) is 7.11. The van der Waals surface area contributed by atoms with Crippen LogP contribution in [-0.4, -0.2) is 15.2 Å². The summed E-state index contributed by atoms with van der Waals surface area (Å²) in [7, 11) is 0. The molecule has 1 heterocycles. The van der Waals surface area contributed by atoms with Crippen LogP contribution < -0.4 is 11.2 Å². The minimum absolute atomic E-state index is 0.0299. The summed E-state index contributed by atoms with van der Waals surface area (Å²) in [6, 6.07) is 2.50. The molecule has 0 aliphatic carbocycles. The Morgan fingerprint density at radius 1 is 1.36 bits per heavy atom. The molecule has 0 atom stereocenters. The first-order valence-corrected chi connectivity index (χ1v) is 3.93. The van der Waals surface area contributed by atoms with Crippen LogP contribution in [0.4, 0.5) is 5.69 Å². The second-order valence-corrected chi connectivity index (χ2v) is 2.92. The number of anilines is 1. The number of H-pyrrole nitrogens is 1. The molecule has 0 bridgehead atoms. The number of hydrogen-bond acceptors (Lipinski definition) is 4. The number of hydrogen-bond donors (Lipinski definition) is 4. The molecule has 5 nitrogen and oxygen atoms in total. The molecule has 0 saturated carbocycles. The summed E-state index contributed by atoms with van der Waals surface area (Å²) in [5, 5.41) is 18.8. The Bertz CT molecular complexity index is 560. The fourth-order valence-electron chi connectivity index (χ4n) is 1.32. The van der Waals surface area contributed by atoms with Gasteiger partial charge in [-0.3, -0.25) is 4.79 Å². The van der Waals surface area contributed by atoms with E-state index in [1.165, 1.54) is 18.3 Å². The number of aromatic amines is 1. The summed E-state index contributed by atoms with van der Waals surface area (Å²) < 4.78 is 0. The number of pyridine rings is 1. The van der Waals surface area contributed by atoms with E-state index in [1.54, 1.807) is 0 Å². The van der Waals surface area contributed by atoms with Gasteiger partial charge in [-0.1, -0.05) is 0 Å². The van der Waals surface area contributed by atoms with Gasteiger partial charge in [0.15, 0.2) is 16.9 Å². The van der Waals surface area contributed by atoms with Crippen molar-refractivity contribution in [3.8, 4) is 11.5 Å². The lowest BCUT2D eigenvalue weighted by Crippen LogP contribution is -2.02. The van der Waals surface area contributed by atoms with Crippen LogP contribution in [-0.2, 0) is 0 Å². The first-order chi connectivity index (χ1) is 6.61. The summed E-state index contributed by atoms with van der Waals surface area (Å²) in [5.74, 6) is -0.814. The molecule has 5 heteroatoms. The predicted molar refractivity (Wildman–Crippen MR) is 52.3 cm³/mol. The minimum atomic E-state index is -0.417. The van der Waals surface area contributed by atoms with E-state index in [0.717, 1.165) is 0 Å². The number of nitrogen functional groups attached to an aromatic ring is 1. The number of fused-ring (bicyclic) bond motifs is 1. The average Bonchev–Trinajstić information content (AvgIpc) is 2.17. The topological polar surface area (TPSA) is 99.3 Å². The van der Waals surface area contributed by atoms with Gasteiger partial charge in [-0.05, 0) is 6.07 Å². The Kier molecular flexibility index (Phi) is 1.60. The van der Waals surface area contributed by atoms with Crippen LogP contribution in [0, 0.1) is 0 Å². The molecule has 1 aromatic heterocycles. The lowest BCUT2D eigenvalue weighted by Gasteiger charge is -2.05. The quantitative estimate of drug-likeness (QED) is 0.361. The zero-order valence-electron chi connectivity index (χ0n) is 7.11. The molecule has 0 spiro atoms. The number of rotatable bonds is 0. The van der Waals surface area contributed by atoms with Crippen LogP contribution >= 0.6 is 0 Å². The Labute approximate surface area is 78.4 Å². The fourth-order valence-corrected chi connectivity index (χ4v) is 1.32. The van der Waals surface area contributed by atoms with Crippen LogP contribution in [0.1, 0.15) is 0 Å². The van der Waals surface area contributed by atoms with Crippen LogP contribution in [0.5, 0.6) is 11.5 Å². The number of phenols is 2. The monoisotopic (exact) mass is 192 g/mol. The molecule has 0 amide bonds. The van der Waals surface area contributed by atoms with Gasteiger partial charge in [-0.15, -0.1) is 0 Å². The molecule has 0 aliphatic rings. The highest BCUT2D eigenvalue weighted by molar-refractivity contribution is 5.94. The molecule has 1 aromatic carbocycles. The molecule has 2 aromatic rings. The van der Waals surface area contributed by atoms with Crippen molar-refractivity contribution < 1.29 is 10.2 Å². The molecule has 0 unspecified atom stereocenters. The SMILES string of the molecule is Nc1c(O)c(O)cc2c(=O)cc[nH]c12. The third kappa shape index (κ3) is 0.990. The van der Waals surface area contributed by atoms with E-state index in [-0.39, 0.29) is 16.5 Å². The molecule has 0 radical (unpaired) electrons.